The van der Waals surface area contributed by atoms with E-state index in [1.54, 1.807) is 25.3 Å². The third-order valence-electron chi connectivity index (χ3n) is 2.37. The number of pyridine rings is 1. The normalized spacial score (nSPS) is 11.4. The predicted octanol–water partition coefficient (Wildman–Crippen LogP) is 0.406. The van der Waals surface area contributed by atoms with Gasteiger partial charge >= 0.3 is 0 Å². The van der Waals surface area contributed by atoms with Crippen molar-refractivity contribution >= 4 is 15.7 Å². The molecule has 0 saturated carbocycles. The van der Waals surface area contributed by atoms with E-state index in [-0.39, 0.29) is 10.6 Å². The third-order valence-corrected chi connectivity index (χ3v) is 3.75. The van der Waals surface area contributed by atoms with Gasteiger partial charge in [-0.3, -0.25) is 14.8 Å². The molecule has 0 amide bonds. The minimum absolute atomic E-state index is 0.145. The van der Waals surface area contributed by atoms with Gasteiger partial charge < -0.3 is 5.11 Å². The summed E-state index contributed by atoms with van der Waals surface area (Å²) in [6, 6.07) is 3.24. The van der Waals surface area contributed by atoms with Gasteiger partial charge in [0.15, 0.2) is 5.03 Å². The van der Waals surface area contributed by atoms with Gasteiger partial charge in [-0.15, -0.1) is 0 Å². The van der Waals surface area contributed by atoms with E-state index in [4.69, 9.17) is 5.11 Å². The zero-order chi connectivity index (χ0) is 13.2. The molecule has 18 heavy (non-hydrogen) atoms. The van der Waals surface area contributed by atoms with Gasteiger partial charge in [-0.1, -0.05) is 0 Å². The smallest absolute Gasteiger partial charge is 0.279 e. The molecule has 0 radical (unpaired) electrons. The quantitative estimate of drug-likeness (QED) is 0.744. The van der Waals surface area contributed by atoms with E-state index in [0.29, 0.717) is 11.4 Å². The highest BCUT2D eigenvalue weighted by molar-refractivity contribution is 7.92. The van der Waals surface area contributed by atoms with Crippen molar-refractivity contribution in [1.29, 1.82) is 0 Å². The fourth-order valence-electron chi connectivity index (χ4n) is 1.43. The van der Waals surface area contributed by atoms with Crippen LogP contribution in [0.1, 0.15) is 11.3 Å². The van der Waals surface area contributed by atoms with Crippen LogP contribution in [-0.2, 0) is 16.6 Å². The molecule has 0 unspecified atom stereocenters. The molecule has 0 aliphatic heterocycles. The van der Waals surface area contributed by atoms with Gasteiger partial charge in [0.05, 0.1) is 24.2 Å². The summed E-state index contributed by atoms with van der Waals surface area (Å²) in [6.07, 6.45) is 2.84. The summed E-state index contributed by atoms with van der Waals surface area (Å²) in [7, 11) is -3.80. The van der Waals surface area contributed by atoms with Crippen LogP contribution in [0, 0.1) is 6.92 Å². The number of anilines is 1. The number of aromatic amines is 1. The van der Waals surface area contributed by atoms with E-state index < -0.39 is 16.6 Å². The lowest BCUT2D eigenvalue weighted by Gasteiger charge is -2.09. The standard InChI is InChI=1S/C10H12N4O3S/c1-7-9(3-2-4-11-7)14-18(16,17)10-8(6-15)5-12-13-10/h2-5,14-15H,6H2,1H3,(H,12,13). The summed E-state index contributed by atoms with van der Waals surface area (Å²) < 4.78 is 26.5. The molecule has 0 spiro atoms. The maximum atomic E-state index is 12.1. The summed E-state index contributed by atoms with van der Waals surface area (Å²) in [4.78, 5) is 3.99. The Balaban J connectivity index is 2.37. The second kappa shape index (κ2) is 4.75. The summed E-state index contributed by atoms with van der Waals surface area (Å²) >= 11 is 0. The summed E-state index contributed by atoms with van der Waals surface area (Å²) in [5.41, 5.74) is 1.16. The minimum Gasteiger partial charge on any atom is -0.392 e. The zero-order valence-corrected chi connectivity index (χ0v) is 10.4. The Labute approximate surface area is 104 Å². The maximum Gasteiger partial charge on any atom is 0.279 e. The molecule has 0 fully saturated rings. The lowest BCUT2D eigenvalue weighted by Crippen LogP contribution is -2.16. The zero-order valence-electron chi connectivity index (χ0n) is 9.58. The van der Waals surface area contributed by atoms with E-state index in [9.17, 15) is 8.42 Å². The van der Waals surface area contributed by atoms with E-state index >= 15 is 0 Å². The Bertz CT molecular complexity index is 651. The van der Waals surface area contributed by atoms with Crippen LogP contribution < -0.4 is 4.72 Å². The molecule has 0 aliphatic carbocycles. The first-order valence-corrected chi connectivity index (χ1v) is 6.60. The van der Waals surface area contributed by atoms with Crippen LogP contribution in [0.15, 0.2) is 29.6 Å². The van der Waals surface area contributed by atoms with Gasteiger partial charge in [-0.2, -0.15) is 13.5 Å². The molecule has 0 bridgehead atoms. The Hall–Kier alpha value is -1.93. The highest BCUT2D eigenvalue weighted by Crippen LogP contribution is 2.18. The van der Waals surface area contributed by atoms with E-state index in [0.717, 1.165) is 0 Å². The number of aryl methyl sites for hydroxylation is 1. The minimum atomic E-state index is -3.80. The molecular formula is C10H12N4O3S. The van der Waals surface area contributed by atoms with Gasteiger partial charge in [0.2, 0.25) is 0 Å². The number of aromatic nitrogens is 3. The predicted molar refractivity (Wildman–Crippen MR) is 64.3 cm³/mol. The Morgan fingerprint density at radius 1 is 1.50 bits per heavy atom. The average Bonchev–Trinajstić information content (AvgIpc) is 2.81. The molecule has 7 nitrogen and oxygen atoms in total. The molecule has 2 heterocycles. The van der Waals surface area contributed by atoms with Gasteiger partial charge in [0.1, 0.15) is 0 Å². The summed E-state index contributed by atoms with van der Waals surface area (Å²) in [5, 5.41) is 14.8. The average molecular weight is 268 g/mol. The van der Waals surface area contributed by atoms with E-state index in [1.807, 2.05) is 0 Å². The van der Waals surface area contributed by atoms with Crippen molar-refractivity contribution in [2.24, 2.45) is 0 Å². The van der Waals surface area contributed by atoms with Crippen molar-refractivity contribution in [3.8, 4) is 0 Å². The van der Waals surface area contributed by atoms with E-state index in [1.165, 1.54) is 6.20 Å². The number of aliphatic hydroxyl groups is 1. The van der Waals surface area contributed by atoms with Gasteiger partial charge in [0, 0.05) is 11.8 Å². The molecule has 2 rings (SSSR count). The molecule has 8 heteroatoms. The topological polar surface area (TPSA) is 108 Å². The Morgan fingerprint density at radius 3 is 2.94 bits per heavy atom. The van der Waals surface area contributed by atoms with Crippen LogP contribution in [0.25, 0.3) is 0 Å². The number of nitrogens with one attached hydrogen (secondary N) is 2. The van der Waals surface area contributed by atoms with Crippen molar-refractivity contribution in [2.45, 2.75) is 18.6 Å². The molecule has 0 aromatic carbocycles. The number of sulfonamides is 1. The molecule has 0 atom stereocenters. The van der Waals surface area contributed by atoms with Crippen LogP contribution in [0.2, 0.25) is 0 Å². The molecule has 96 valence electrons. The monoisotopic (exact) mass is 268 g/mol. The van der Waals surface area contributed by atoms with Gasteiger partial charge in [-0.25, -0.2) is 0 Å². The number of H-pyrrole nitrogens is 1. The number of hydrogen-bond acceptors (Lipinski definition) is 5. The van der Waals surface area contributed by atoms with Crippen LogP contribution in [0.3, 0.4) is 0 Å². The number of rotatable bonds is 4. The van der Waals surface area contributed by atoms with Crippen LogP contribution in [-0.4, -0.2) is 28.7 Å². The highest BCUT2D eigenvalue weighted by atomic mass is 32.2. The summed E-state index contributed by atoms with van der Waals surface area (Å²) in [6.45, 7) is 1.29. The van der Waals surface area contributed by atoms with Crippen LogP contribution in [0.4, 0.5) is 5.69 Å². The van der Waals surface area contributed by atoms with Crippen molar-refractivity contribution in [2.75, 3.05) is 4.72 Å². The first-order chi connectivity index (χ1) is 8.54. The van der Waals surface area contributed by atoms with Crippen molar-refractivity contribution in [3.05, 3.63) is 35.8 Å². The molecular weight excluding hydrogens is 256 g/mol. The van der Waals surface area contributed by atoms with Gasteiger partial charge in [0.25, 0.3) is 10.0 Å². The first kappa shape index (κ1) is 12.5. The van der Waals surface area contributed by atoms with Crippen molar-refractivity contribution in [3.63, 3.8) is 0 Å². The molecule has 2 aromatic heterocycles. The number of nitrogens with zero attached hydrogens (tertiary/aromatic N) is 2. The van der Waals surface area contributed by atoms with Gasteiger partial charge in [-0.05, 0) is 19.1 Å². The second-order valence-corrected chi connectivity index (χ2v) is 5.24. The SMILES string of the molecule is Cc1ncccc1NS(=O)(=O)c1[nH]ncc1CO. The number of hydrogen-bond donors (Lipinski definition) is 3. The van der Waals surface area contributed by atoms with E-state index in [2.05, 4.69) is 19.9 Å². The molecule has 3 N–H and O–H groups in total. The van der Waals surface area contributed by atoms with Crippen molar-refractivity contribution < 1.29 is 13.5 Å². The highest BCUT2D eigenvalue weighted by Gasteiger charge is 2.21. The molecule has 0 aliphatic rings. The lowest BCUT2D eigenvalue weighted by molar-refractivity contribution is 0.278. The third kappa shape index (κ3) is 2.34. The lowest BCUT2D eigenvalue weighted by atomic mass is 10.3. The maximum absolute atomic E-state index is 12.1. The Morgan fingerprint density at radius 2 is 2.28 bits per heavy atom. The fourth-order valence-corrected chi connectivity index (χ4v) is 2.68. The Kier molecular flexibility index (Phi) is 3.30. The largest absolute Gasteiger partial charge is 0.392 e. The fraction of sp³-hybridized carbons (Fsp3) is 0.200. The number of aliphatic hydroxyl groups excluding tert-OH is 1. The molecule has 0 saturated heterocycles. The molecule has 2 aromatic rings. The first-order valence-electron chi connectivity index (χ1n) is 5.12. The van der Waals surface area contributed by atoms with Crippen LogP contribution in [0.5, 0.6) is 0 Å². The van der Waals surface area contributed by atoms with Crippen molar-refractivity contribution in [1.82, 2.24) is 15.2 Å². The summed E-state index contributed by atoms with van der Waals surface area (Å²) in [5.74, 6) is 0. The second-order valence-electron chi connectivity index (χ2n) is 3.62. The van der Waals surface area contributed by atoms with Crippen LogP contribution >= 0.6 is 0 Å².